The summed E-state index contributed by atoms with van der Waals surface area (Å²) < 4.78 is 0. The molecule has 2 rings (SSSR count). The molecule has 0 saturated heterocycles. The maximum absolute atomic E-state index is 10.3. The maximum atomic E-state index is 10.3. The smallest absolute Gasteiger partial charge is 0.211 e. The first-order valence-electron chi connectivity index (χ1n) is 4.52. The van der Waals surface area contributed by atoms with E-state index in [0.717, 1.165) is 22.0 Å². The molecule has 3 nitrogen and oxygen atoms in total. The van der Waals surface area contributed by atoms with E-state index in [1.807, 2.05) is 36.6 Å². The van der Waals surface area contributed by atoms with E-state index in [-0.39, 0.29) is 0 Å². The van der Waals surface area contributed by atoms with Gasteiger partial charge in [0, 0.05) is 16.6 Å². The van der Waals surface area contributed by atoms with Gasteiger partial charge in [-0.3, -0.25) is 4.79 Å². The molecule has 0 aliphatic rings. The second kappa shape index (κ2) is 4.23. The standard InChI is InChI=1S/C11H10N2OS/c1-8-13-11(6-15-8)9-3-2-4-10(5-9)12-7-14/h2-7H,1H3,(H,12,14). The van der Waals surface area contributed by atoms with E-state index in [1.165, 1.54) is 0 Å². The van der Waals surface area contributed by atoms with Gasteiger partial charge in [-0.05, 0) is 19.1 Å². The summed E-state index contributed by atoms with van der Waals surface area (Å²) in [6.07, 6.45) is 0.672. The molecule has 0 saturated carbocycles. The van der Waals surface area contributed by atoms with Crippen molar-refractivity contribution in [3.63, 3.8) is 0 Å². The molecule has 0 bridgehead atoms. The topological polar surface area (TPSA) is 42.0 Å². The van der Waals surface area contributed by atoms with Crippen LogP contribution in [0.4, 0.5) is 5.69 Å². The molecule has 0 unspecified atom stereocenters. The number of hydrogen-bond donors (Lipinski definition) is 1. The SMILES string of the molecule is Cc1nc(-c2cccc(NC=O)c2)cs1. The number of aromatic nitrogens is 1. The number of carbonyl (C=O) groups is 1. The van der Waals surface area contributed by atoms with Crippen molar-refractivity contribution in [1.29, 1.82) is 0 Å². The molecular formula is C11H10N2OS. The normalized spacial score (nSPS) is 9.93. The highest BCUT2D eigenvalue weighted by Gasteiger charge is 2.02. The number of thiazole rings is 1. The van der Waals surface area contributed by atoms with Crippen LogP contribution in [0.3, 0.4) is 0 Å². The van der Waals surface area contributed by atoms with Crippen LogP contribution in [0.2, 0.25) is 0 Å². The van der Waals surface area contributed by atoms with Crippen molar-refractivity contribution in [3.8, 4) is 11.3 Å². The molecule has 76 valence electrons. The van der Waals surface area contributed by atoms with E-state index in [2.05, 4.69) is 10.3 Å². The van der Waals surface area contributed by atoms with E-state index >= 15 is 0 Å². The molecule has 2 aromatic rings. The highest BCUT2D eigenvalue weighted by molar-refractivity contribution is 7.09. The van der Waals surface area contributed by atoms with Crippen molar-refractivity contribution < 1.29 is 4.79 Å². The fourth-order valence-corrected chi connectivity index (χ4v) is 1.95. The highest BCUT2D eigenvalue weighted by atomic mass is 32.1. The number of aryl methyl sites for hydroxylation is 1. The van der Waals surface area contributed by atoms with Crippen molar-refractivity contribution in [2.45, 2.75) is 6.92 Å². The molecule has 0 atom stereocenters. The summed E-state index contributed by atoms with van der Waals surface area (Å²) in [5.74, 6) is 0. The first-order chi connectivity index (χ1) is 7.29. The van der Waals surface area contributed by atoms with Gasteiger partial charge in [-0.1, -0.05) is 12.1 Å². The van der Waals surface area contributed by atoms with Crippen molar-refractivity contribution in [2.24, 2.45) is 0 Å². The third kappa shape index (κ3) is 2.22. The lowest BCUT2D eigenvalue weighted by molar-refractivity contribution is -0.105. The van der Waals surface area contributed by atoms with Crippen LogP contribution in [0.5, 0.6) is 0 Å². The van der Waals surface area contributed by atoms with Crippen LogP contribution in [0, 0.1) is 6.92 Å². The zero-order valence-corrected chi connectivity index (χ0v) is 9.04. The average molecular weight is 218 g/mol. The molecule has 0 aliphatic heterocycles. The van der Waals surface area contributed by atoms with Gasteiger partial charge in [-0.15, -0.1) is 11.3 Å². The second-order valence-corrected chi connectivity index (χ2v) is 4.16. The van der Waals surface area contributed by atoms with E-state index < -0.39 is 0 Å². The Labute approximate surface area is 91.8 Å². The molecule has 4 heteroatoms. The van der Waals surface area contributed by atoms with Gasteiger partial charge in [0.1, 0.15) is 0 Å². The third-order valence-electron chi connectivity index (χ3n) is 2.00. The Morgan fingerprint density at radius 3 is 3.00 bits per heavy atom. The number of carbonyl (C=O) groups excluding carboxylic acids is 1. The van der Waals surface area contributed by atoms with Crippen molar-refractivity contribution >= 4 is 23.4 Å². The summed E-state index contributed by atoms with van der Waals surface area (Å²) in [5, 5.41) is 5.67. The van der Waals surface area contributed by atoms with E-state index in [4.69, 9.17) is 0 Å². The van der Waals surface area contributed by atoms with Crippen molar-refractivity contribution in [2.75, 3.05) is 5.32 Å². The number of anilines is 1. The molecule has 0 spiro atoms. The third-order valence-corrected chi connectivity index (χ3v) is 2.78. The lowest BCUT2D eigenvalue weighted by Gasteiger charge is -2.00. The van der Waals surface area contributed by atoms with Gasteiger partial charge in [0.2, 0.25) is 6.41 Å². The molecule has 1 heterocycles. The number of rotatable bonds is 3. The summed E-state index contributed by atoms with van der Waals surface area (Å²) in [4.78, 5) is 14.7. The molecule has 1 amide bonds. The molecule has 1 aromatic carbocycles. The number of benzene rings is 1. The van der Waals surface area contributed by atoms with Gasteiger partial charge in [0.25, 0.3) is 0 Å². The minimum atomic E-state index is 0.672. The number of nitrogens with one attached hydrogen (secondary N) is 1. The minimum Gasteiger partial charge on any atom is -0.329 e. The van der Waals surface area contributed by atoms with E-state index in [9.17, 15) is 4.79 Å². The molecule has 0 radical (unpaired) electrons. The van der Waals surface area contributed by atoms with Crippen LogP contribution in [-0.4, -0.2) is 11.4 Å². The van der Waals surface area contributed by atoms with Crippen LogP contribution in [0.15, 0.2) is 29.6 Å². The molecule has 0 fully saturated rings. The van der Waals surface area contributed by atoms with Gasteiger partial charge in [-0.2, -0.15) is 0 Å². The predicted molar refractivity (Wildman–Crippen MR) is 62.0 cm³/mol. The predicted octanol–water partition coefficient (Wildman–Crippen LogP) is 2.69. The number of nitrogens with zero attached hydrogens (tertiary/aromatic N) is 1. The van der Waals surface area contributed by atoms with Gasteiger partial charge < -0.3 is 5.32 Å². The zero-order chi connectivity index (χ0) is 10.7. The molecular weight excluding hydrogens is 208 g/mol. The van der Waals surface area contributed by atoms with Crippen LogP contribution in [0.25, 0.3) is 11.3 Å². The Morgan fingerprint density at radius 1 is 1.47 bits per heavy atom. The summed E-state index contributed by atoms with van der Waals surface area (Å²) in [7, 11) is 0. The highest BCUT2D eigenvalue weighted by Crippen LogP contribution is 2.23. The molecule has 15 heavy (non-hydrogen) atoms. The van der Waals surface area contributed by atoms with Gasteiger partial charge in [0.15, 0.2) is 0 Å². The Hall–Kier alpha value is -1.68. The average Bonchev–Trinajstić information content (AvgIpc) is 2.66. The van der Waals surface area contributed by atoms with Gasteiger partial charge in [-0.25, -0.2) is 4.98 Å². The van der Waals surface area contributed by atoms with Crippen LogP contribution < -0.4 is 5.32 Å². The first-order valence-corrected chi connectivity index (χ1v) is 5.40. The van der Waals surface area contributed by atoms with Gasteiger partial charge >= 0.3 is 0 Å². The summed E-state index contributed by atoms with van der Waals surface area (Å²) >= 11 is 1.62. The molecule has 1 aromatic heterocycles. The second-order valence-electron chi connectivity index (χ2n) is 3.09. The van der Waals surface area contributed by atoms with Gasteiger partial charge in [0.05, 0.1) is 10.7 Å². The Bertz CT molecular complexity index is 479. The quantitative estimate of drug-likeness (QED) is 0.805. The van der Waals surface area contributed by atoms with E-state index in [1.54, 1.807) is 11.3 Å². The monoisotopic (exact) mass is 218 g/mol. The van der Waals surface area contributed by atoms with Crippen molar-refractivity contribution in [3.05, 3.63) is 34.7 Å². The number of hydrogen-bond acceptors (Lipinski definition) is 3. The molecule has 1 N–H and O–H groups in total. The Kier molecular flexibility index (Phi) is 2.78. The van der Waals surface area contributed by atoms with Crippen LogP contribution >= 0.6 is 11.3 Å². The summed E-state index contributed by atoms with van der Waals surface area (Å²) in [6, 6.07) is 7.63. The first kappa shape index (κ1) is 9.86. The fraction of sp³-hybridized carbons (Fsp3) is 0.0909. The zero-order valence-electron chi connectivity index (χ0n) is 8.23. The summed E-state index contributed by atoms with van der Waals surface area (Å²) in [6.45, 7) is 1.97. The van der Waals surface area contributed by atoms with E-state index in [0.29, 0.717) is 6.41 Å². The van der Waals surface area contributed by atoms with Crippen LogP contribution in [0.1, 0.15) is 5.01 Å². The lowest BCUT2D eigenvalue weighted by atomic mass is 10.1. The Morgan fingerprint density at radius 2 is 2.33 bits per heavy atom. The fourth-order valence-electron chi connectivity index (χ4n) is 1.33. The van der Waals surface area contributed by atoms with Crippen molar-refractivity contribution in [1.82, 2.24) is 4.98 Å². The Balaban J connectivity index is 2.36. The summed E-state index contributed by atoms with van der Waals surface area (Å²) in [5.41, 5.74) is 2.76. The lowest BCUT2D eigenvalue weighted by Crippen LogP contribution is -1.93. The molecule has 0 aliphatic carbocycles. The number of amides is 1. The largest absolute Gasteiger partial charge is 0.329 e. The van der Waals surface area contributed by atoms with Crippen LogP contribution in [-0.2, 0) is 4.79 Å². The maximum Gasteiger partial charge on any atom is 0.211 e. The minimum absolute atomic E-state index is 0.672.